The average Bonchev–Trinajstić information content (AvgIpc) is 3.29. The van der Waals surface area contributed by atoms with Crippen LogP contribution in [0.5, 0.6) is 0 Å². The van der Waals surface area contributed by atoms with Crippen molar-refractivity contribution in [3.8, 4) is 22.3 Å². The second-order valence-corrected chi connectivity index (χ2v) is 17.7. The van der Waals surface area contributed by atoms with Gasteiger partial charge in [-0.25, -0.2) is 0 Å². The molecular formula is C55H70O3. The third kappa shape index (κ3) is 12.9. The minimum atomic E-state index is 0.292. The third-order valence-electron chi connectivity index (χ3n) is 13.7. The number of hydrogen-bond acceptors (Lipinski definition) is 3. The molecule has 0 saturated heterocycles. The first-order valence-electron chi connectivity index (χ1n) is 23.4. The number of carbonyl (C=O) groups is 3. The lowest BCUT2D eigenvalue weighted by Crippen LogP contribution is -2.20. The van der Waals surface area contributed by atoms with Gasteiger partial charge < -0.3 is 0 Å². The molecule has 0 bridgehead atoms. The van der Waals surface area contributed by atoms with E-state index in [1.54, 1.807) is 0 Å². The van der Waals surface area contributed by atoms with Gasteiger partial charge in [0.2, 0.25) is 0 Å². The minimum absolute atomic E-state index is 0.292. The van der Waals surface area contributed by atoms with E-state index in [9.17, 15) is 14.4 Å². The summed E-state index contributed by atoms with van der Waals surface area (Å²) in [5, 5.41) is 0. The van der Waals surface area contributed by atoms with E-state index in [4.69, 9.17) is 0 Å². The zero-order chi connectivity index (χ0) is 40.5. The Morgan fingerprint density at radius 3 is 1.03 bits per heavy atom. The molecule has 0 aliphatic heterocycles. The lowest BCUT2D eigenvalue weighted by atomic mass is 9.76. The smallest absolute Gasteiger partial charge is 0.135 e. The largest absolute Gasteiger partial charge is 0.300 e. The van der Waals surface area contributed by atoms with Gasteiger partial charge in [-0.15, -0.1) is 0 Å². The van der Waals surface area contributed by atoms with Gasteiger partial charge in [-0.3, -0.25) is 14.4 Å². The Balaban J connectivity index is 0.774. The predicted molar refractivity (Wildman–Crippen MR) is 242 cm³/mol. The van der Waals surface area contributed by atoms with E-state index >= 15 is 0 Å². The molecule has 2 aliphatic rings. The number of carbonyl (C=O) groups excluding carboxylic acids is 3. The summed E-state index contributed by atoms with van der Waals surface area (Å²) in [6, 6.07) is 36.4. The van der Waals surface area contributed by atoms with Crippen molar-refractivity contribution in [3.05, 3.63) is 119 Å². The van der Waals surface area contributed by atoms with Gasteiger partial charge in [0, 0.05) is 37.5 Å². The zero-order valence-corrected chi connectivity index (χ0v) is 35.8. The summed E-state index contributed by atoms with van der Waals surface area (Å²) in [7, 11) is 0. The van der Waals surface area contributed by atoms with Gasteiger partial charge in [-0.1, -0.05) is 137 Å². The first kappa shape index (κ1) is 43.5. The van der Waals surface area contributed by atoms with Crippen molar-refractivity contribution in [3.63, 3.8) is 0 Å². The molecule has 2 saturated carbocycles. The molecule has 0 amide bonds. The van der Waals surface area contributed by atoms with Gasteiger partial charge in [0.25, 0.3) is 0 Å². The highest BCUT2D eigenvalue weighted by Crippen LogP contribution is 2.38. The second-order valence-electron chi connectivity index (χ2n) is 17.7. The molecule has 0 unspecified atom stereocenters. The van der Waals surface area contributed by atoms with E-state index in [1.165, 1.54) is 70.2 Å². The number of ketones is 3. The summed E-state index contributed by atoms with van der Waals surface area (Å²) in [5.74, 6) is 3.10. The van der Waals surface area contributed by atoms with Crippen molar-refractivity contribution in [2.24, 2.45) is 11.8 Å². The number of hydrogen-bond donors (Lipinski definition) is 0. The van der Waals surface area contributed by atoms with E-state index in [2.05, 4.69) is 97.1 Å². The van der Waals surface area contributed by atoms with E-state index in [0.717, 1.165) is 103 Å². The Hall–Kier alpha value is -4.11. The minimum Gasteiger partial charge on any atom is -0.300 e. The van der Waals surface area contributed by atoms with Crippen molar-refractivity contribution in [1.82, 2.24) is 0 Å². The summed E-state index contributed by atoms with van der Waals surface area (Å²) in [6.07, 6.45) is 22.8. The van der Waals surface area contributed by atoms with Crippen molar-refractivity contribution < 1.29 is 14.4 Å². The second kappa shape index (κ2) is 22.9. The quantitative estimate of drug-likeness (QED) is 0.0747. The van der Waals surface area contributed by atoms with Crippen molar-refractivity contribution in [1.29, 1.82) is 0 Å². The molecule has 4 aromatic carbocycles. The van der Waals surface area contributed by atoms with Crippen molar-refractivity contribution in [2.75, 3.05) is 0 Å². The topological polar surface area (TPSA) is 51.2 Å². The summed E-state index contributed by atoms with van der Waals surface area (Å²) in [5.41, 5.74) is 10.7. The molecule has 3 nitrogen and oxygen atoms in total. The summed E-state index contributed by atoms with van der Waals surface area (Å²) in [6.45, 7) is 3.98. The van der Waals surface area contributed by atoms with Crippen LogP contribution in [-0.2, 0) is 27.2 Å². The number of Topliss-reactive ketones (excluding diaryl/α,β-unsaturated/α-hetero) is 3. The third-order valence-corrected chi connectivity index (χ3v) is 13.7. The maximum absolute atomic E-state index is 12.5. The molecule has 308 valence electrons. The number of aryl methyl sites for hydroxylation is 2. The highest BCUT2D eigenvalue weighted by Gasteiger charge is 2.27. The molecule has 58 heavy (non-hydrogen) atoms. The van der Waals surface area contributed by atoms with E-state index in [-0.39, 0.29) is 0 Å². The predicted octanol–water partition coefficient (Wildman–Crippen LogP) is 14.8. The Morgan fingerprint density at radius 2 is 0.707 bits per heavy atom. The van der Waals surface area contributed by atoms with Crippen LogP contribution in [0.1, 0.15) is 176 Å². The summed E-state index contributed by atoms with van der Waals surface area (Å²) in [4.78, 5) is 36.7. The molecule has 0 aromatic heterocycles. The van der Waals surface area contributed by atoms with Gasteiger partial charge in [0.1, 0.15) is 17.3 Å². The van der Waals surface area contributed by atoms with Crippen LogP contribution in [0.2, 0.25) is 0 Å². The lowest BCUT2D eigenvalue weighted by Gasteiger charge is -2.28. The number of rotatable bonds is 22. The van der Waals surface area contributed by atoms with E-state index in [1.807, 2.05) is 13.8 Å². The molecule has 0 atom stereocenters. The molecule has 2 fully saturated rings. The van der Waals surface area contributed by atoms with Crippen LogP contribution in [0.25, 0.3) is 22.3 Å². The fourth-order valence-corrected chi connectivity index (χ4v) is 9.83. The highest BCUT2D eigenvalue weighted by atomic mass is 16.1. The van der Waals surface area contributed by atoms with Crippen LogP contribution < -0.4 is 0 Å². The molecule has 0 spiro atoms. The highest BCUT2D eigenvalue weighted by molar-refractivity contribution is 5.81. The molecule has 2 aliphatic carbocycles. The molecule has 0 heterocycles. The fourth-order valence-electron chi connectivity index (χ4n) is 9.83. The Morgan fingerprint density at radius 1 is 0.397 bits per heavy atom. The summed E-state index contributed by atoms with van der Waals surface area (Å²) >= 11 is 0. The number of benzene rings is 4. The first-order chi connectivity index (χ1) is 28.4. The average molecular weight is 779 g/mol. The maximum atomic E-state index is 12.5. The van der Waals surface area contributed by atoms with Crippen LogP contribution in [0.4, 0.5) is 0 Å². The summed E-state index contributed by atoms with van der Waals surface area (Å²) < 4.78 is 0. The van der Waals surface area contributed by atoms with Gasteiger partial charge in [0.15, 0.2) is 0 Å². The fraction of sp³-hybridized carbons (Fsp3) is 0.509. The van der Waals surface area contributed by atoms with E-state index < -0.39 is 0 Å². The normalized spacial score (nSPS) is 19.5. The first-order valence-corrected chi connectivity index (χ1v) is 23.4. The van der Waals surface area contributed by atoms with Gasteiger partial charge in [0.05, 0.1) is 0 Å². The monoisotopic (exact) mass is 779 g/mol. The van der Waals surface area contributed by atoms with Gasteiger partial charge in [-0.2, -0.15) is 0 Å². The Kier molecular flexibility index (Phi) is 17.1. The lowest BCUT2D eigenvalue weighted by molar-refractivity contribution is -0.124. The standard InChI is InChI=1S/C55H70O3/c1-3-54(57)51-37-33-49(34-38-51)47-29-25-45(26-30-47)43-21-17-41(18-22-43)13-9-5-7-11-15-53(56)16-12-8-6-10-14-42-19-23-44(24-20-42)46-27-31-48(32-28-46)50-35-39-52(40-36-50)55(58)4-2/h17-32,49-52H,3-16,33-40H2,1-2H3/t49-,50?,51-,52?. The Labute approximate surface area is 350 Å². The molecule has 4 aromatic rings. The molecule has 0 radical (unpaired) electrons. The SMILES string of the molecule is CCC(=O)C1CCC(c2ccc(-c3ccc(CCCCCCC(=O)CCCCCCc4ccc(-c5ccc([C@H]6CC[C@H](C(=O)CC)CC6)cc5)cc4)cc3)cc2)CC1. The van der Waals surface area contributed by atoms with Crippen LogP contribution in [-0.4, -0.2) is 17.3 Å². The van der Waals surface area contributed by atoms with Crippen molar-refractivity contribution >= 4 is 17.3 Å². The Bertz CT molecular complexity index is 1700. The number of unbranched alkanes of at least 4 members (excludes halogenated alkanes) is 6. The van der Waals surface area contributed by atoms with Crippen LogP contribution in [0.3, 0.4) is 0 Å². The van der Waals surface area contributed by atoms with Crippen LogP contribution in [0.15, 0.2) is 97.1 Å². The van der Waals surface area contributed by atoms with Gasteiger partial charge in [-0.05, 0) is 146 Å². The molecule has 0 N–H and O–H groups in total. The molecular weight excluding hydrogens is 709 g/mol. The molecule has 6 rings (SSSR count). The maximum Gasteiger partial charge on any atom is 0.135 e. The molecule has 3 heteroatoms. The zero-order valence-electron chi connectivity index (χ0n) is 35.8. The van der Waals surface area contributed by atoms with Gasteiger partial charge >= 0.3 is 0 Å². The van der Waals surface area contributed by atoms with E-state index in [0.29, 0.717) is 53.9 Å². The van der Waals surface area contributed by atoms with Crippen molar-refractivity contribution in [2.45, 2.75) is 167 Å². The van der Waals surface area contributed by atoms with Crippen LogP contribution in [0, 0.1) is 11.8 Å². The van der Waals surface area contributed by atoms with Crippen LogP contribution >= 0.6 is 0 Å².